The first-order valence-electron chi connectivity index (χ1n) is 8.32. The lowest BCUT2D eigenvalue weighted by Crippen LogP contribution is -2.30. The van der Waals surface area contributed by atoms with Crippen LogP contribution in [0.15, 0.2) is 11.6 Å². The first kappa shape index (κ1) is 17.9. The van der Waals surface area contributed by atoms with Crippen LogP contribution in [-0.2, 0) is 19.0 Å². The maximum Gasteiger partial charge on any atom is 0.348 e. The largest absolute Gasteiger partial charge is 0.459 e. The Balaban J connectivity index is 1.72. The van der Waals surface area contributed by atoms with Gasteiger partial charge in [-0.25, -0.2) is 4.79 Å². The maximum atomic E-state index is 12.0. The van der Waals surface area contributed by atoms with Crippen LogP contribution in [0.5, 0.6) is 0 Å². The standard InChI is InChI=1S/C17H26N2O4/c1-17(2)22-13-15(23-17)12-21-16(20)14(11-18)7-6-10-19-8-4-3-5-9-19/h7,15H,3-6,8-10,12-13H2,1-2H3/b14-7+. The molecule has 0 bridgehead atoms. The van der Waals surface area contributed by atoms with Crippen LogP contribution in [0.25, 0.3) is 0 Å². The monoisotopic (exact) mass is 322 g/mol. The number of hydrogen-bond acceptors (Lipinski definition) is 6. The number of esters is 1. The topological polar surface area (TPSA) is 71.8 Å². The van der Waals surface area contributed by atoms with E-state index in [1.54, 1.807) is 6.08 Å². The average Bonchev–Trinajstić information content (AvgIpc) is 2.89. The van der Waals surface area contributed by atoms with Crippen LogP contribution in [0, 0.1) is 11.3 Å². The predicted octanol–water partition coefficient (Wildman–Crippen LogP) is 2.01. The van der Waals surface area contributed by atoms with E-state index in [2.05, 4.69) is 4.90 Å². The van der Waals surface area contributed by atoms with Crippen molar-refractivity contribution in [3.8, 4) is 6.07 Å². The van der Waals surface area contributed by atoms with Gasteiger partial charge in [0.05, 0.1) is 6.61 Å². The van der Waals surface area contributed by atoms with Crippen molar-refractivity contribution < 1.29 is 19.0 Å². The van der Waals surface area contributed by atoms with E-state index < -0.39 is 11.8 Å². The summed E-state index contributed by atoms with van der Waals surface area (Å²) in [6, 6.07) is 1.93. The van der Waals surface area contributed by atoms with Crippen LogP contribution in [0.2, 0.25) is 0 Å². The molecule has 0 aromatic heterocycles. The molecule has 0 aliphatic carbocycles. The second-order valence-corrected chi connectivity index (χ2v) is 6.47. The van der Waals surface area contributed by atoms with Gasteiger partial charge in [-0.05, 0) is 46.2 Å². The number of nitrogens with zero attached hydrogens (tertiary/aromatic N) is 2. The maximum absolute atomic E-state index is 12.0. The van der Waals surface area contributed by atoms with Crippen molar-refractivity contribution >= 4 is 5.97 Å². The molecule has 0 aromatic carbocycles. The van der Waals surface area contributed by atoms with Gasteiger partial charge in [0, 0.05) is 6.54 Å². The Bertz CT molecular complexity index is 475. The summed E-state index contributed by atoms with van der Waals surface area (Å²) >= 11 is 0. The first-order chi connectivity index (χ1) is 11.0. The van der Waals surface area contributed by atoms with Crippen molar-refractivity contribution in [1.29, 1.82) is 5.26 Å². The van der Waals surface area contributed by atoms with Crippen LogP contribution in [-0.4, -0.2) is 55.6 Å². The van der Waals surface area contributed by atoms with E-state index in [-0.39, 0.29) is 18.3 Å². The van der Waals surface area contributed by atoms with E-state index in [4.69, 9.17) is 19.5 Å². The fourth-order valence-electron chi connectivity index (χ4n) is 2.84. The number of nitriles is 1. The van der Waals surface area contributed by atoms with Gasteiger partial charge in [-0.15, -0.1) is 0 Å². The number of hydrogen-bond donors (Lipinski definition) is 0. The molecule has 6 nitrogen and oxygen atoms in total. The van der Waals surface area contributed by atoms with E-state index >= 15 is 0 Å². The molecule has 2 aliphatic heterocycles. The molecule has 128 valence electrons. The molecule has 0 saturated carbocycles. The molecule has 0 aromatic rings. The van der Waals surface area contributed by atoms with E-state index in [0.717, 1.165) is 19.6 Å². The van der Waals surface area contributed by atoms with E-state index in [1.165, 1.54) is 19.3 Å². The first-order valence-corrected chi connectivity index (χ1v) is 8.32. The van der Waals surface area contributed by atoms with Gasteiger partial charge in [-0.1, -0.05) is 12.5 Å². The van der Waals surface area contributed by atoms with Crippen LogP contribution < -0.4 is 0 Å². The van der Waals surface area contributed by atoms with Crippen molar-refractivity contribution in [3.63, 3.8) is 0 Å². The summed E-state index contributed by atoms with van der Waals surface area (Å²) in [4.78, 5) is 14.3. The minimum absolute atomic E-state index is 0.0696. The normalized spacial score (nSPS) is 25.1. The Kier molecular flexibility index (Phi) is 6.58. The van der Waals surface area contributed by atoms with Crippen LogP contribution in [0.4, 0.5) is 0 Å². The Morgan fingerprint density at radius 2 is 2.13 bits per heavy atom. The molecule has 0 amide bonds. The second kappa shape index (κ2) is 8.44. The highest BCUT2D eigenvalue weighted by atomic mass is 16.7. The number of likely N-dealkylation sites (tertiary alicyclic amines) is 1. The van der Waals surface area contributed by atoms with Gasteiger partial charge < -0.3 is 19.1 Å². The Morgan fingerprint density at radius 1 is 1.39 bits per heavy atom. The van der Waals surface area contributed by atoms with Gasteiger partial charge in [-0.3, -0.25) is 0 Å². The molecule has 2 heterocycles. The van der Waals surface area contributed by atoms with Gasteiger partial charge in [-0.2, -0.15) is 5.26 Å². The van der Waals surface area contributed by atoms with Gasteiger partial charge in [0.1, 0.15) is 24.4 Å². The molecule has 23 heavy (non-hydrogen) atoms. The van der Waals surface area contributed by atoms with Gasteiger partial charge in [0.15, 0.2) is 5.79 Å². The SMILES string of the molecule is CC1(C)OCC(COC(=O)/C(C#N)=C/CCN2CCCCC2)O1. The molecule has 0 spiro atoms. The van der Waals surface area contributed by atoms with Crippen molar-refractivity contribution in [2.45, 2.75) is 51.4 Å². The fraction of sp³-hybridized carbons (Fsp3) is 0.765. The number of ether oxygens (including phenoxy) is 3. The third-order valence-electron chi connectivity index (χ3n) is 4.05. The number of carbonyl (C=O) groups is 1. The van der Waals surface area contributed by atoms with Gasteiger partial charge in [0.25, 0.3) is 0 Å². The van der Waals surface area contributed by atoms with Crippen molar-refractivity contribution in [1.82, 2.24) is 4.90 Å². The summed E-state index contributed by atoms with van der Waals surface area (Å²) in [5, 5.41) is 9.12. The van der Waals surface area contributed by atoms with Crippen molar-refractivity contribution in [2.75, 3.05) is 32.8 Å². The molecule has 0 radical (unpaired) electrons. The Labute approximate surface area is 138 Å². The second-order valence-electron chi connectivity index (χ2n) is 6.47. The quantitative estimate of drug-likeness (QED) is 0.423. The molecule has 2 fully saturated rings. The summed E-state index contributed by atoms with van der Waals surface area (Å²) in [6.07, 6.45) is 5.85. The van der Waals surface area contributed by atoms with Gasteiger partial charge in [0.2, 0.25) is 0 Å². The lowest BCUT2D eigenvalue weighted by Gasteiger charge is -2.25. The van der Waals surface area contributed by atoms with Crippen LogP contribution >= 0.6 is 0 Å². The molecule has 2 saturated heterocycles. The molecule has 1 atom stereocenters. The summed E-state index contributed by atoms with van der Waals surface area (Å²) in [7, 11) is 0. The Hall–Kier alpha value is -1.42. The number of piperidine rings is 1. The van der Waals surface area contributed by atoms with E-state index in [0.29, 0.717) is 13.0 Å². The van der Waals surface area contributed by atoms with E-state index in [9.17, 15) is 4.79 Å². The lowest BCUT2D eigenvalue weighted by molar-refractivity contribution is -0.155. The third kappa shape index (κ3) is 5.94. The van der Waals surface area contributed by atoms with E-state index in [1.807, 2.05) is 19.9 Å². The Morgan fingerprint density at radius 3 is 2.74 bits per heavy atom. The average molecular weight is 322 g/mol. The lowest BCUT2D eigenvalue weighted by atomic mass is 10.1. The zero-order valence-electron chi connectivity index (χ0n) is 14.0. The number of rotatable bonds is 6. The molecular weight excluding hydrogens is 296 g/mol. The summed E-state index contributed by atoms with van der Waals surface area (Å²) in [5.41, 5.74) is 0.0696. The third-order valence-corrected chi connectivity index (χ3v) is 4.05. The molecule has 1 unspecified atom stereocenters. The van der Waals surface area contributed by atoms with Crippen LogP contribution in [0.1, 0.15) is 39.5 Å². The minimum Gasteiger partial charge on any atom is -0.459 e. The minimum atomic E-state index is -0.639. The molecule has 2 aliphatic rings. The fourth-order valence-corrected chi connectivity index (χ4v) is 2.84. The zero-order valence-corrected chi connectivity index (χ0v) is 14.0. The highest BCUT2D eigenvalue weighted by Gasteiger charge is 2.33. The summed E-state index contributed by atoms with van der Waals surface area (Å²) in [6.45, 7) is 7.22. The summed E-state index contributed by atoms with van der Waals surface area (Å²) in [5.74, 6) is -1.22. The van der Waals surface area contributed by atoms with Crippen molar-refractivity contribution in [3.05, 3.63) is 11.6 Å². The zero-order chi connectivity index (χ0) is 16.7. The predicted molar refractivity (Wildman–Crippen MR) is 84.5 cm³/mol. The molecule has 2 rings (SSSR count). The highest BCUT2D eigenvalue weighted by Crippen LogP contribution is 2.22. The molecular formula is C17H26N2O4. The number of carbonyl (C=O) groups excluding carboxylic acids is 1. The van der Waals surface area contributed by atoms with Gasteiger partial charge >= 0.3 is 5.97 Å². The smallest absolute Gasteiger partial charge is 0.348 e. The highest BCUT2D eigenvalue weighted by molar-refractivity contribution is 5.92. The van der Waals surface area contributed by atoms with Crippen molar-refractivity contribution in [2.24, 2.45) is 0 Å². The summed E-state index contributed by atoms with van der Waals surface area (Å²) < 4.78 is 16.1. The molecule has 0 N–H and O–H groups in total. The van der Waals surface area contributed by atoms with Crippen LogP contribution in [0.3, 0.4) is 0 Å². The molecule has 6 heteroatoms.